The Morgan fingerprint density at radius 3 is 2.53 bits per heavy atom. The number of benzene rings is 2. The van der Waals surface area contributed by atoms with E-state index in [4.69, 9.17) is 11.6 Å². The topological polar surface area (TPSA) is 29.1 Å². The molecular weight excluding hydrogens is 265 g/mol. The van der Waals surface area contributed by atoms with Crippen LogP contribution in [0.2, 0.25) is 5.02 Å². The van der Waals surface area contributed by atoms with Crippen LogP contribution in [0.3, 0.4) is 0 Å². The molecule has 1 amide bonds. The molecule has 0 radical (unpaired) electrons. The van der Waals surface area contributed by atoms with E-state index in [2.05, 4.69) is 5.32 Å². The average Bonchev–Trinajstić information content (AvgIpc) is 2.32. The van der Waals surface area contributed by atoms with Crippen molar-refractivity contribution in [2.24, 2.45) is 0 Å². The monoisotopic (exact) mass is 277 g/mol. The summed E-state index contributed by atoms with van der Waals surface area (Å²) in [4.78, 5) is 12.1. The summed E-state index contributed by atoms with van der Waals surface area (Å²) >= 11 is 5.87. The van der Waals surface area contributed by atoms with Gasteiger partial charge in [0, 0.05) is 5.56 Å². The Labute approximate surface area is 116 Å². The van der Waals surface area contributed by atoms with Gasteiger partial charge < -0.3 is 5.32 Å². The highest BCUT2D eigenvalue weighted by molar-refractivity contribution is 6.33. The molecule has 2 aromatic carbocycles. The largest absolute Gasteiger partial charge is 0.321 e. The molecule has 2 aromatic rings. The van der Waals surface area contributed by atoms with Gasteiger partial charge in [-0.2, -0.15) is 0 Å². The predicted molar refractivity (Wildman–Crippen MR) is 75.3 cm³/mol. The molecule has 2 nitrogen and oxygen atoms in total. The third-order valence-corrected chi connectivity index (χ3v) is 3.12. The second-order valence-electron chi connectivity index (χ2n) is 4.40. The Kier molecular flexibility index (Phi) is 3.86. The van der Waals surface area contributed by atoms with Crippen LogP contribution in [-0.4, -0.2) is 5.91 Å². The van der Waals surface area contributed by atoms with Gasteiger partial charge in [-0.05, 0) is 43.7 Å². The Bertz CT molecular complexity index is 640. The number of rotatable bonds is 2. The second-order valence-corrected chi connectivity index (χ2v) is 4.80. The summed E-state index contributed by atoms with van der Waals surface area (Å²) in [7, 11) is 0. The highest BCUT2D eigenvalue weighted by atomic mass is 35.5. The zero-order valence-corrected chi connectivity index (χ0v) is 11.4. The van der Waals surface area contributed by atoms with Crippen LogP contribution in [0.25, 0.3) is 0 Å². The third-order valence-electron chi connectivity index (χ3n) is 2.81. The average molecular weight is 278 g/mol. The molecule has 0 fully saturated rings. The molecule has 2 rings (SSSR count). The second kappa shape index (κ2) is 5.41. The fourth-order valence-corrected chi connectivity index (χ4v) is 2.06. The summed E-state index contributed by atoms with van der Waals surface area (Å²) in [5.74, 6) is -0.694. The molecule has 0 aliphatic heterocycles. The van der Waals surface area contributed by atoms with Crippen molar-refractivity contribution in [3.8, 4) is 0 Å². The van der Waals surface area contributed by atoms with E-state index in [9.17, 15) is 9.18 Å². The van der Waals surface area contributed by atoms with Crippen molar-refractivity contribution in [3.63, 3.8) is 0 Å². The van der Waals surface area contributed by atoms with Crippen LogP contribution in [0.1, 0.15) is 21.5 Å². The molecule has 19 heavy (non-hydrogen) atoms. The van der Waals surface area contributed by atoms with Crippen molar-refractivity contribution in [2.75, 3.05) is 5.32 Å². The lowest BCUT2D eigenvalue weighted by Gasteiger charge is -2.09. The predicted octanol–water partition coefficient (Wildman–Crippen LogP) is 4.35. The van der Waals surface area contributed by atoms with Crippen molar-refractivity contribution in [2.45, 2.75) is 13.8 Å². The van der Waals surface area contributed by atoms with Crippen molar-refractivity contribution < 1.29 is 9.18 Å². The Morgan fingerprint density at radius 2 is 1.89 bits per heavy atom. The molecule has 0 unspecified atom stereocenters. The van der Waals surface area contributed by atoms with Crippen LogP contribution in [0.5, 0.6) is 0 Å². The number of carbonyl (C=O) groups excluding carboxylic acids is 1. The smallest absolute Gasteiger partial charge is 0.255 e. The molecule has 0 saturated carbocycles. The molecule has 0 spiro atoms. The van der Waals surface area contributed by atoms with Gasteiger partial charge in [0.05, 0.1) is 10.7 Å². The van der Waals surface area contributed by atoms with Gasteiger partial charge >= 0.3 is 0 Å². The van der Waals surface area contributed by atoms with Gasteiger partial charge in [0.2, 0.25) is 0 Å². The lowest BCUT2D eigenvalue weighted by atomic mass is 10.1. The van der Waals surface area contributed by atoms with Crippen molar-refractivity contribution in [3.05, 3.63) is 63.9 Å². The normalized spacial score (nSPS) is 10.3. The first-order valence-corrected chi connectivity index (χ1v) is 6.19. The molecule has 4 heteroatoms. The highest BCUT2D eigenvalue weighted by Crippen LogP contribution is 2.23. The number of aryl methyl sites for hydroxylation is 2. The number of carbonyl (C=O) groups is 1. The lowest BCUT2D eigenvalue weighted by molar-refractivity contribution is 0.102. The molecule has 98 valence electrons. The van der Waals surface area contributed by atoms with Gasteiger partial charge in [-0.15, -0.1) is 0 Å². The van der Waals surface area contributed by atoms with Crippen LogP contribution >= 0.6 is 11.6 Å². The van der Waals surface area contributed by atoms with Gasteiger partial charge in [-0.25, -0.2) is 4.39 Å². The molecular formula is C15H13ClFNO. The first kappa shape index (κ1) is 13.6. The number of halogens is 2. The van der Waals surface area contributed by atoms with E-state index in [0.717, 1.165) is 11.1 Å². The van der Waals surface area contributed by atoms with E-state index in [1.807, 2.05) is 26.0 Å². The third kappa shape index (κ3) is 3.12. The summed E-state index contributed by atoms with van der Waals surface area (Å²) < 4.78 is 12.9. The lowest BCUT2D eigenvalue weighted by Crippen LogP contribution is -2.13. The van der Waals surface area contributed by atoms with Gasteiger partial charge in [0.1, 0.15) is 5.82 Å². The maximum atomic E-state index is 12.9. The van der Waals surface area contributed by atoms with Gasteiger partial charge in [-0.3, -0.25) is 4.79 Å². The summed E-state index contributed by atoms with van der Waals surface area (Å²) in [6, 6.07) is 9.43. The SMILES string of the molecule is Cc1ccc(C(=O)Nc2ccc(F)cc2Cl)c(C)c1. The van der Waals surface area contributed by atoms with Crippen LogP contribution in [0.4, 0.5) is 10.1 Å². The Morgan fingerprint density at radius 1 is 1.16 bits per heavy atom. The van der Waals surface area contributed by atoms with E-state index in [0.29, 0.717) is 11.3 Å². The minimum absolute atomic E-state index is 0.179. The summed E-state index contributed by atoms with van der Waals surface area (Å²) in [6.45, 7) is 3.83. The van der Waals surface area contributed by atoms with E-state index < -0.39 is 5.82 Å². The Hall–Kier alpha value is -1.87. The molecule has 0 atom stereocenters. The number of amides is 1. The van der Waals surface area contributed by atoms with E-state index in [-0.39, 0.29) is 10.9 Å². The Balaban J connectivity index is 2.25. The minimum atomic E-state index is -0.436. The first-order valence-electron chi connectivity index (χ1n) is 5.81. The van der Waals surface area contributed by atoms with Crippen LogP contribution in [-0.2, 0) is 0 Å². The van der Waals surface area contributed by atoms with Crippen molar-refractivity contribution in [1.29, 1.82) is 0 Å². The van der Waals surface area contributed by atoms with Crippen molar-refractivity contribution >= 4 is 23.2 Å². The van der Waals surface area contributed by atoms with Crippen molar-refractivity contribution in [1.82, 2.24) is 0 Å². The highest BCUT2D eigenvalue weighted by Gasteiger charge is 2.11. The van der Waals surface area contributed by atoms with Gasteiger partial charge in [0.15, 0.2) is 0 Å². The van der Waals surface area contributed by atoms with Crippen LogP contribution in [0, 0.1) is 19.7 Å². The number of nitrogens with one attached hydrogen (secondary N) is 1. The zero-order chi connectivity index (χ0) is 14.0. The van der Waals surface area contributed by atoms with Crippen LogP contribution < -0.4 is 5.32 Å². The molecule has 0 aliphatic carbocycles. The number of hydrogen-bond acceptors (Lipinski definition) is 1. The van der Waals surface area contributed by atoms with E-state index in [1.54, 1.807) is 6.07 Å². The maximum absolute atomic E-state index is 12.9. The summed E-state index contributed by atoms with van der Waals surface area (Å²) in [5.41, 5.74) is 2.95. The standard InChI is InChI=1S/C15H13ClFNO/c1-9-3-5-12(10(2)7-9)15(19)18-14-6-4-11(17)8-13(14)16/h3-8H,1-2H3,(H,18,19). The number of anilines is 1. The molecule has 0 bridgehead atoms. The zero-order valence-electron chi connectivity index (χ0n) is 10.6. The fourth-order valence-electron chi connectivity index (χ4n) is 1.85. The molecule has 0 aromatic heterocycles. The molecule has 0 heterocycles. The van der Waals surface area contributed by atoms with E-state index >= 15 is 0 Å². The molecule has 1 N–H and O–H groups in total. The van der Waals surface area contributed by atoms with Gasteiger partial charge in [-0.1, -0.05) is 29.3 Å². The maximum Gasteiger partial charge on any atom is 0.255 e. The summed E-state index contributed by atoms with van der Waals surface area (Å²) in [6.07, 6.45) is 0. The van der Waals surface area contributed by atoms with E-state index in [1.165, 1.54) is 18.2 Å². The first-order chi connectivity index (χ1) is 8.97. The molecule has 0 saturated heterocycles. The van der Waals surface area contributed by atoms with Gasteiger partial charge in [0.25, 0.3) is 5.91 Å². The summed E-state index contributed by atoms with van der Waals surface area (Å²) in [5, 5.41) is 2.86. The number of hydrogen-bond donors (Lipinski definition) is 1. The minimum Gasteiger partial charge on any atom is -0.321 e. The fraction of sp³-hybridized carbons (Fsp3) is 0.133. The molecule has 0 aliphatic rings. The quantitative estimate of drug-likeness (QED) is 0.869. The van der Waals surface area contributed by atoms with Crippen LogP contribution in [0.15, 0.2) is 36.4 Å².